The molecule has 0 aliphatic carbocycles. The second-order valence-electron chi connectivity index (χ2n) is 4.14. The second kappa shape index (κ2) is 7.20. The Morgan fingerprint density at radius 1 is 1.20 bits per heavy atom. The first-order valence-corrected chi connectivity index (χ1v) is 7.03. The normalized spacial score (nSPS) is 12.7. The zero-order valence-corrected chi connectivity index (χ0v) is 12.3. The number of hydrogen-bond acceptors (Lipinski definition) is 5. The summed E-state index contributed by atoms with van der Waals surface area (Å²) in [5.41, 5.74) is 0. The van der Waals surface area contributed by atoms with Crippen molar-refractivity contribution in [1.82, 2.24) is 5.09 Å². The Bertz CT molecular complexity index is 585. The summed E-state index contributed by atoms with van der Waals surface area (Å²) in [5, 5.41) is 4.91. The van der Waals surface area contributed by atoms with E-state index >= 15 is 0 Å². The molecule has 0 aliphatic rings. The van der Waals surface area contributed by atoms with Gasteiger partial charge in [-0.2, -0.15) is 4.67 Å². The molecule has 0 heterocycles. The molecule has 20 heavy (non-hydrogen) atoms. The molecule has 5 nitrogen and oxygen atoms in total. The van der Waals surface area contributed by atoms with Crippen LogP contribution in [0.5, 0.6) is 5.75 Å². The van der Waals surface area contributed by atoms with E-state index < -0.39 is 6.04 Å². The second-order valence-corrected chi connectivity index (χ2v) is 4.79. The van der Waals surface area contributed by atoms with Gasteiger partial charge in [0.1, 0.15) is 15.0 Å². The van der Waals surface area contributed by atoms with Crippen LogP contribution in [-0.4, -0.2) is 19.1 Å². The highest BCUT2D eigenvalue weighted by atomic mass is 31.1. The number of hydrogen-bond donors (Lipinski definition) is 1. The predicted molar refractivity (Wildman–Crippen MR) is 78.6 cm³/mol. The summed E-state index contributed by atoms with van der Waals surface area (Å²) < 4.78 is 9.69. The van der Waals surface area contributed by atoms with Crippen LogP contribution in [0.25, 0.3) is 10.8 Å². The van der Waals surface area contributed by atoms with E-state index in [0.717, 1.165) is 10.8 Å². The average molecular weight is 293 g/mol. The first-order valence-electron chi connectivity index (χ1n) is 6.12. The van der Waals surface area contributed by atoms with Crippen molar-refractivity contribution in [3.63, 3.8) is 0 Å². The monoisotopic (exact) mass is 293 g/mol. The van der Waals surface area contributed by atoms with Gasteiger partial charge in [-0.15, -0.1) is 0 Å². The molecule has 1 unspecified atom stereocenters. The van der Waals surface area contributed by atoms with Gasteiger partial charge in [0, 0.05) is 5.39 Å². The summed E-state index contributed by atoms with van der Waals surface area (Å²) >= 11 is 0. The summed E-state index contributed by atoms with van der Waals surface area (Å²) in [6.45, 7) is 1.69. The summed E-state index contributed by atoms with van der Waals surface area (Å²) in [4.78, 5) is 16.5. The standard InChI is InChI=1S/C14H16NO4P/c1-10(14(16)17-2)15-20-19-18-13-9-5-7-11-6-3-4-8-12(11)13/h3-10,15,20H,1-2H3/t10-/m0/s1. The molecule has 0 amide bonds. The van der Waals surface area contributed by atoms with Crippen LogP contribution < -0.4 is 9.97 Å². The van der Waals surface area contributed by atoms with Crippen LogP contribution in [0.1, 0.15) is 6.92 Å². The molecule has 2 rings (SSSR count). The molecule has 0 saturated heterocycles. The summed E-state index contributed by atoms with van der Waals surface area (Å²) in [6.07, 6.45) is 0. The summed E-state index contributed by atoms with van der Waals surface area (Å²) in [7, 11) is 1.18. The van der Waals surface area contributed by atoms with Crippen LogP contribution in [0.15, 0.2) is 42.5 Å². The number of ether oxygens (including phenoxy) is 1. The van der Waals surface area contributed by atoms with Crippen LogP contribution in [0.3, 0.4) is 0 Å². The minimum Gasteiger partial charge on any atom is -0.468 e. The van der Waals surface area contributed by atoms with Crippen molar-refractivity contribution in [2.45, 2.75) is 13.0 Å². The number of nitrogens with one attached hydrogen (secondary N) is 1. The lowest BCUT2D eigenvalue weighted by Crippen LogP contribution is -2.29. The molecule has 0 aliphatic heterocycles. The molecule has 2 aromatic carbocycles. The van der Waals surface area contributed by atoms with Gasteiger partial charge in [-0.05, 0) is 18.4 Å². The molecule has 0 fully saturated rings. The highest BCUT2D eigenvalue weighted by Crippen LogP contribution is 2.26. The van der Waals surface area contributed by atoms with Crippen LogP contribution >= 0.6 is 8.96 Å². The van der Waals surface area contributed by atoms with Gasteiger partial charge in [0.2, 0.25) is 0 Å². The van der Waals surface area contributed by atoms with Gasteiger partial charge in [0.15, 0.2) is 5.75 Å². The molecule has 2 aromatic rings. The van der Waals surface area contributed by atoms with Crippen LogP contribution in [0.4, 0.5) is 0 Å². The fourth-order valence-corrected chi connectivity index (χ4v) is 2.16. The van der Waals surface area contributed by atoms with E-state index in [4.69, 9.17) is 9.56 Å². The van der Waals surface area contributed by atoms with Crippen molar-refractivity contribution in [2.75, 3.05) is 7.11 Å². The molecule has 1 N–H and O–H groups in total. The van der Waals surface area contributed by atoms with Crippen molar-refractivity contribution in [2.24, 2.45) is 0 Å². The van der Waals surface area contributed by atoms with Crippen molar-refractivity contribution < 1.29 is 19.1 Å². The fraction of sp³-hybridized carbons (Fsp3) is 0.214. The third-order valence-corrected chi connectivity index (χ3v) is 3.47. The number of methoxy groups -OCH3 is 1. The lowest BCUT2D eigenvalue weighted by atomic mass is 10.1. The van der Waals surface area contributed by atoms with Gasteiger partial charge in [-0.1, -0.05) is 36.4 Å². The van der Waals surface area contributed by atoms with Crippen molar-refractivity contribution in [3.05, 3.63) is 42.5 Å². The minimum absolute atomic E-state index is 0.168. The third-order valence-electron chi connectivity index (χ3n) is 2.75. The van der Waals surface area contributed by atoms with E-state index in [2.05, 4.69) is 9.82 Å². The van der Waals surface area contributed by atoms with Crippen LogP contribution in [0.2, 0.25) is 0 Å². The van der Waals surface area contributed by atoms with Gasteiger partial charge in [0.25, 0.3) is 0 Å². The third kappa shape index (κ3) is 3.67. The predicted octanol–water partition coefficient (Wildman–Crippen LogP) is 2.81. The van der Waals surface area contributed by atoms with Gasteiger partial charge >= 0.3 is 5.97 Å². The first kappa shape index (κ1) is 14.7. The number of carbonyl (C=O) groups is 1. The van der Waals surface area contributed by atoms with Gasteiger partial charge in [-0.25, -0.2) is 0 Å². The molecule has 2 atom stereocenters. The van der Waals surface area contributed by atoms with Crippen LogP contribution in [0, 0.1) is 0 Å². The van der Waals surface area contributed by atoms with Gasteiger partial charge in [0.05, 0.1) is 7.11 Å². The zero-order valence-electron chi connectivity index (χ0n) is 11.3. The van der Waals surface area contributed by atoms with Crippen molar-refractivity contribution >= 4 is 25.7 Å². The molecular weight excluding hydrogens is 277 g/mol. The average Bonchev–Trinajstić information content (AvgIpc) is 2.50. The molecule has 0 aromatic heterocycles. The van der Waals surface area contributed by atoms with Gasteiger partial charge in [-0.3, -0.25) is 9.88 Å². The highest BCUT2D eigenvalue weighted by Gasteiger charge is 2.12. The number of rotatable bonds is 6. The molecule has 6 heteroatoms. The molecule has 0 spiro atoms. The minimum atomic E-state index is -0.436. The topological polar surface area (TPSA) is 56.8 Å². The van der Waals surface area contributed by atoms with Gasteiger partial charge < -0.3 is 9.62 Å². The Balaban J connectivity index is 1.89. The number of benzene rings is 2. The van der Waals surface area contributed by atoms with E-state index in [1.165, 1.54) is 7.11 Å². The highest BCUT2D eigenvalue weighted by molar-refractivity contribution is 7.29. The Kier molecular flexibility index (Phi) is 5.30. The fourth-order valence-electron chi connectivity index (χ4n) is 1.68. The largest absolute Gasteiger partial charge is 0.468 e. The maximum absolute atomic E-state index is 11.2. The summed E-state index contributed by atoms with van der Waals surface area (Å²) in [5.74, 6) is 0.300. The Labute approximate surface area is 119 Å². The summed E-state index contributed by atoms with van der Waals surface area (Å²) in [6, 6.07) is 13.2. The maximum Gasteiger partial charge on any atom is 0.322 e. The molecule has 0 bridgehead atoms. The first-order chi connectivity index (χ1) is 9.72. The number of fused-ring (bicyclic) bond motifs is 1. The quantitative estimate of drug-likeness (QED) is 0.292. The van der Waals surface area contributed by atoms with E-state index in [0.29, 0.717) is 5.75 Å². The maximum atomic E-state index is 11.2. The van der Waals surface area contributed by atoms with E-state index in [1.807, 2.05) is 42.5 Å². The van der Waals surface area contributed by atoms with E-state index in [9.17, 15) is 4.79 Å². The van der Waals surface area contributed by atoms with E-state index in [-0.39, 0.29) is 14.9 Å². The SMILES string of the molecule is COC(=O)[C@H](C)NPOOc1cccc2ccccc12. The molecule has 0 saturated carbocycles. The lowest BCUT2D eigenvalue weighted by molar-refractivity contribution is -0.142. The Hall–Kier alpha value is -1.68. The number of esters is 1. The lowest BCUT2D eigenvalue weighted by Gasteiger charge is -2.11. The molecular formula is C14H16NO4P. The van der Waals surface area contributed by atoms with Crippen LogP contribution in [-0.2, 0) is 14.2 Å². The molecule has 106 valence electrons. The Morgan fingerprint density at radius 3 is 2.75 bits per heavy atom. The smallest absolute Gasteiger partial charge is 0.322 e. The van der Waals surface area contributed by atoms with Crippen molar-refractivity contribution in [1.29, 1.82) is 0 Å². The number of carbonyl (C=O) groups excluding carboxylic acids is 1. The van der Waals surface area contributed by atoms with E-state index in [1.54, 1.807) is 6.92 Å². The molecule has 0 radical (unpaired) electrons. The Morgan fingerprint density at radius 2 is 1.95 bits per heavy atom. The van der Waals surface area contributed by atoms with Crippen molar-refractivity contribution in [3.8, 4) is 5.75 Å². The zero-order chi connectivity index (χ0) is 14.4.